The van der Waals surface area contributed by atoms with Crippen LogP contribution in [0.4, 0.5) is 0 Å². The maximum Gasteiger partial charge on any atom is 0.227 e. The minimum atomic E-state index is -0.250. The number of likely N-dealkylation sites (tertiary alicyclic amines) is 1. The number of hydrogen-bond acceptors (Lipinski definition) is 3. The number of hydrogen-bond donors (Lipinski definition) is 1. The van der Waals surface area contributed by atoms with Crippen molar-refractivity contribution in [1.29, 1.82) is 0 Å². The van der Waals surface area contributed by atoms with Crippen molar-refractivity contribution in [2.75, 3.05) is 13.1 Å². The van der Waals surface area contributed by atoms with E-state index < -0.39 is 0 Å². The van der Waals surface area contributed by atoms with Crippen LogP contribution in [-0.2, 0) is 11.3 Å². The highest BCUT2D eigenvalue weighted by Crippen LogP contribution is 2.25. The smallest absolute Gasteiger partial charge is 0.227 e. The first-order chi connectivity index (χ1) is 11.6. The predicted molar refractivity (Wildman–Crippen MR) is 94.1 cm³/mol. The minimum absolute atomic E-state index is 0.170. The van der Waals surface area contributed by atoms with Gasteiger partial charge < -0.3 is 10.6 Å². The van der Waals surface area contributed by atoms with Crippen LogP contribution >= 0.6 is 0 Å². The standard InChI is InChI=1S/C19H26N4O/c1-15(18(20)17-6-3-2-4-7-17)19(24)22-12-8-16(9-13-22)14-23-11-5-10-21-23/h2-7,10-11,15-16,18H,8-9,12-14,20H2,1H3. The number of carbonyl (C=O) groups is 1. The van der Waals surface area contributed by atoms with Crippen LogP contribution in [-0.4, -0.2) is 33.7 Å². The molecule has 2 N–H and O–H groups in total. The monoisotopic (exact) mass is 326 g/mol. The Morgan fingerprint density at radius 2 is 1.96 bits per heavy atom. The Kier molecular flexibility index (Phi) is 5.30. The number of rotatable bonds is 5. The summed E-state index contributed by atoms with van der Waals surface area (Å²) in [5, 5.41) is 4.27. The third-order valence-corrected chi connectivity index (χ3v) is 5.04. The summed E-state index contributed by atoms with van der Waals surface area (Å²) < 4.78 is 1.98. The fraction of sp³-hybridized carbons (Fsp3) is 0.474. The number of nitrogens with two attached hydrogens (primary N) is 1. The highest BCUT2D eigenvalue weighted by Gasteiger charge is 2.29. The lowest BCUT2D eigenvalue weighted by Gasteiger charge is -2.34. The molecule has 24 heavy (non-hydrogen) atoms. The fourth-order valence-corrected chi connectivity index (χ4v) is 3.41. The molecule has 0 spiro atoms. The summed E-state index contributed by atoms with van der Waals surface area (Å²) in [6, 6.07) is 11.6. The van der Waals surface area contributed by atoms with Crippen molar-refractivity contribution >= 4 is 5.91 Å². The van der Waals surface area contributed by atoms with E-state index in [-0.39, 0.29) is 17.9 Å². The molecule has 0 aliphatic carbocycles. The van der Waals surface area contributed by atoms with E-state index in [0.29, 0.717) is 5.92 Å². The van der Waals surface area contributed by atoms with Gasteiger partial charge in [0.2, 0.25) is 5.91 Å². The molecule has 2 unspecified atom stereocenters. The summed E-state index contributed by atoms with van der Waals surface area (Å²) in [6.45, 7) is 4.51. The molecule has 1 aliphatic rings. The Morgan fingerprint density at radius 1 is 1.25 bits per heavy atom. The quantitative estimate of drug-likeness (QED) is 0.918. The second-order valence-electron chi connectivity index (χ2n) is 6.72. The number of carbonyl (C=O) groups excluding carboxylic acids is 1. The van der Waals surface area contributed by atoms with Crippen LogP contribution in [0.1, 0.15) is 31.4 Å². The van der Waals surface area contributed by atoms with Crippen molar-refractivity contribution in [3.05, 3.63) is 54.4 Å². The van der Waals surface area contributed by atoms with Gasteiger partial charge in [0.25, 0.3) is 0 Å². The van der Waals surface area contributed by atoms with E-state index in [1.165, 1.54) is 0 Å². The second-order valence-corrected chi connectivity index (χ2v) is 6.72. The van der Waals surface area contributed by atoms with Gasteiger partial charge in [0.15, 0.2) is 0 Å². The molecule has 0 saturated carbocycles. The Balaban J connectivity index is 1.53. The SMILES string of the molecule is CC(C(=O)N1CCC(Cn2cccn2)CC1)C(N)c1ccccc1. The van der Waals surface area contributed by atoms with Crippen molar-refractivity contribution in [2.24, 2.45) is 17.6 Å². The summed E-state index contributed by atoms with van der Waals surface area (Å²) in [5.41, 5.74) is 7.32. The Labute approximate surface area is 143 Å². The first-order valence-electron chi connectivity index (χ1n) is 8.72. The third-order valence-electron chi connectivity index (χ3n) is 5.04. The minimum Gasteiger partial charge on any atom is -0.342 e. The topological polar surface area (TPSA) is 64.2 Å². The predicted octanol–water partition coefficient (Wildman–Crippen LogP) is 2.46. The zero-order chi connectivity index (χ0) is 16.9. The van der Waals surface area contributed by atoms with Gasteiger partial charge in [-0.2, -0.15) is 5.10 Å². The maximum atomic E-state index is 12.8. The van der Waals surface area contributed by atoms with Gasteiger partial charge in [-0.25, -0.2) is 0 Å². The molecule has 2 atom stereocenters. The average Bonchev–Trinajstić information content (AvgIpc) is 3.14. The van der Waals surface area contributed by atoms with E-state index in [1.807, 2.05) is 65.3 Å². The largest absolute Gasteiger partial charge is 0.342 e. The molecule has 5 nitrogen and oxygen atoms in total. The van der Waals surface area contributed by atoms with Crippen LogP contribution in [0.15, 0.2) is 48.8 Å². The Bertz CT molecular complexity index is 633. The molecule has 0 bridgehead atoms. The van der Waals surface area contributed by atoms with Crippen LogP contribution in [0.25, 0.3) is 0 Å². The lowest BCUT2D eigenvalue weighted by Crippen LogP contribution is -2.44. The Morgan fingerprint density at radius 3 is 2.58 bits per heavy atom. The Hall–Kier alpha value is -2.14. The van der Waals surface area contributed by atoms with E-state index in [1.54, 1.807) is 0 Å². The number of aromatic nitrogens is 2. The molecule has 128 valence electrons. The lowest BCUT2D eigenvalue weighted by atomic mass is 9.91. The third kappa shape index (κ3) is 3.85. The summed E-state index contributed by atoms with van der Waals surface area (Å²) in [4.78, 5) is 14.7. The number of piperidine rings is 1. The van der Waals surface area contributed by atoms with E-state index in [0.717, 1.165) is 38.0 Å². The molecule has 1 saturated heterocycles. The van der Waals surface area contributed by atoms with Crippen molar-refractivity contribution < 1.29 is 4.79 Å². The molecule has 1 amide bonds. The van der Waals surface area contributed by atoms with E-state index in [9.17, 15) is 4.79 Å². The van der Waals surface area contributed by atoms with Gasteiger partial charge >= 0.3 is 0 Å². The van der Waals surface area contributed by atoms with Gasteiger partial charge in [-0.1, -0.05) is 37.3 Å². The molecule has 1 fully saturated rings. The molecular weight excluding hydrogens is 300 g/mol. The van der Waals surface area contributed by atoms with Crippen molar-refractivity contribution in [2.45, 2.75) is 32.4 Å². The normalized spacial score (nSPS) is 18.3. The lowest BCUT2D eigenvalue weighted by molar-refractivity contribution is -0.137. The van der Waals surface area contributed by atoms with Gasteiger partial charge in [-0.3, -0.25) is 9.48 Å². The number of nitrogens with zero attached hydrogens (tertiary/aromatic N) is 3. The molecule has 2 heterocycles. The summed E-state index contributed by atoms with van der Waals surface area (Å²) in [7, 11) is 0. The van der Waals surface area contributed by atoms with Crippen molar-refractivity contribution in [3.63, 3.8) is 0 Å². The molecule has 1 aromatic carbocycles. The van der Waals surface area contributed by atoms with Crippen LogP contribution in [0, 0.1) is 11.8 Å². The highest BCUT2D eigenvalue weighted by atomic mass is 16.2. The fourth-order valence-electron chi connectivity index (χ4n) is 3.41. The maximum absolute atomic E-state index is 12.8. The number of benzene rings is 1. The van der Waals surface area contributed by atoms with Gasteiger partial charge in [0, 0.05) is 38.1 Å². The zero-order valence-corrected chi connectivity index (χ0v) is 14.2. The number of amides is 1. The molecule has 1 aliphatic heterocycles. The molecule has 0 radical (unpaired) electrons. The van der Waals surface area contributed by atoms with Crippen LogP contribution in [0.5, 0.6) is 0 Å². The zero-order valence-electron chi connectivity index (χ0n) is 14.2. The van der Waals surface area contributed by atoms with Crippen LogP contribution in [0.3, 0.4) is 0 Å². The molecular formula is C19H26N4O. The summed E-state index contributed by atoms with van der Waals surface area (Å²) in [5.74, 6) is 0.561. The second kappa shape index (κ2) is 7.62. The van der Waals surface area contributed by atoms with E-state index >= 15 is 0 Å². The molecule has 3 rings (SSSR count). The average molecular weight is 326 g/mol. The van der Waals surface area contributed by atoms with E-state index in [2.05, 4.69) is 5.10 Å². The van der Waals surface area contributed by atoms with Crippen LogP contribution < -0.4 is 5.73 Å². The van der Waals surface area contributed by atoms with Crippen molar-refractivity contribution in [1.82, 2.24) is 14.7 Å². The van der Waals surface area contributed by atoms with Crippen LogP contribution in [0.2, 0.25) is 0 Å². The summed E-state index contributed by atoms with van der Waals surface area (Å²) in [6.07, 6.45) is 5.86. The van der Waals surface area contributed by atoms with Crippen molar-refractivity contribution in [3.8, 4) is 0 Å². The first-order valence-corrected chi connectivity index (χ1v) is 8.72. The molecule has 1 aromatic heterocycles. The first kappa shape index (κ1) is 16.7. The van der Waals surface area contributed by atoms with Gasteiger partial charge in [0.05, 0.1) is 5.92 Å². The molecule has 5 heteroatoms. The highest BCUT2D eigenvalue weighted by molar-refractivity contribution is 5.79. The summed E-state index contributed by atoms with van der Waals surface area (Å²) >= 11 is 0. The van der Waals surface area contributed by atoms with Gasteiger partial charge in [-0.15, -0.1) is 0 Å². The van der Waals surface area contributed by atoms with Gasteiger partial charge in [-0.05, 0) is 30.4 Å². The molecule has 2 aromatic rings. The van der Waals surface area contributed by atoms with Gasteiger partial charge in [0.1, 0.15) is 0 Å². The van der Waals surface area contributed by atoms with E-state index in [4.69, 9.17) is 5.73 Å².